The Morgan fingerprint density at radius 2 is 1.59 bits per heavy atom. The minimum Gasteiger partial charge on any atom is -0.493 e. The van der Waals surface area contributed by atoms with E-state index in [1.807, 2.05) is 9.80 Å². The van der Waals surface area contributed by atoms with Crippen molar-refractivity contribution in [1.82, 2.24) is 4.90 Å². The molecule has 3 aromatic rings. The van der Waals surface area contributed by atoms with E-state index in [2.05, 4.69) is 4.99 Å². The summed E-state index contributed by atoms with van der Waals surface area (Å²) in [6.45, 7) is 1.50. The number of ether oxygens (including phenoxy) is 2. The fourth-order valence-corrected chi connectivity index (χ4v) is 5.69. The van der Waals surface area contributed by atoms with Crippen molar-refractivity contribution in [3.05, 3.63) is 93.6 Å². The van der Waals surface area contributed by atoms with Crippen LogP contribution in [0.1, 0.15) is 22.3 Å². The summed E-state index contributed by atoms with van der Waals surface area (Å²) >= 11 is 1.19. The average Bonchev–Trinajstić information content (AvgIpc) is 3.35. The SMILES string of the molecule is COc1cc(/C=C2/SC(N3CCN(c4ccccc4F)CC3)=NC2=O)ccc1OCc1ccc(C(F)(F)F)cc1C(F)(F)F. The third kappa shape index (κ3) is 6.95. The molecule has 0 unspecified atom stereocenters. The van der Waals surface area contributed by atoms with Gasteiger partial charge in [0.2, 0.25) is 0 Å². The van der Waals surface area contributed by atoms with Crippen LogP contribution in [-0.4, -0.2) is 49.3 Å². The molecular formula is C30H24F7N3O3S. The standard InChI is InChI=1S/C30H24F7N3O3S/c1-42-25-14-18(6-9-24(25)43-17-19-7-8-20(29(32,33)34)16-21(19)30(35,36)37)15-26-27(41)38-28(44-26)40-12-10-39(11-13-40)23-5-3-2-4-22(23)31/h2-9,14-16H,10-13,17H2,1H3/b26-15+. The summed E-state index contributed by atoms with van der Waals surface area (Å²) in [5.41, 5.74) is -2.30. The van der Waals surface area contributed by atoms with Crippen molar-refractivity contribution in [2.75, 3.05) is 38.2 Å². The van der Waals surface area contributed by atoms with Crippen LogP contribution >= 0.6 is 11.8 Å². The van der Waals surface area contributed by atoms with Crippen molar-refractivity contribution >= 4 is 34.6 Å². The summed E-state index contributed by atoms with van der Waals surface area (Å²) in [5, 5.41) is 0.526. The fourth-order valence-electron chi connectivity index (χ4n) is 4.72. The molecule has 0 N–H and O–H groups in total. The highest BCUT2D eigenvalue weighted by atomic mass is 32.2. The molecule has 6 nitrogen and oxygen atoms in total. The molecule has 3 aromatic carbocycles. The second-order valence-electron chi connectivity index (χ2n) is 9.80. The molecule has 14 heteroatoms. The molecule has 0 aromatic heterocycles. The number of hydrogen-bond donors (Lipinski definition) is 0. The second kappa shape index (κ2) is 12.4. The number of carbonyl (C=O) groups excluding carboxylic acids is 1. The van der Waals surface area contributed by atoms with Crippen LogP contribution in [0.5, 0.6) is 11.5 Å². The van der Waals surface area contributed by atoms with Gasteiger partial charge in [-0.25, -0.2) is 4.39 Å². The molecule has 0 spiro atoms. The summed E-state index contributed by atoms with van der Waals surface area (Å²) in [5.74, 6) is -0.548. The monoisotopic (exact) mass is 639 g/mol. The maximum absolute atomic E-state index is 14.2. The lowest BCUT2D eigenvalue weighted by molar-refractivity contribution is -0.143. The molecule has 0 bridgehead atoms. The molecule has 232 valence electrons. The van der Waals surface area contributed by atoms with Crippen molar-refractivity contribution in [2.24, 2.45) is 4.99 Å². The number of alkyl halides is 6. The van der Waals surface area contributed by atoms with E-state index in [4.69, 9.17) is 9.47 Å². The van der Waals surface area contributed by atoms with Gasteiger partial charge in [0, 0.05) is 31.7 Å². The van der Waals surface area contributed by atoms with E-state index >= 15 is 0 Å². The summed E-state index contributed by atoms with van der Waals surface area (Å²) in [4.78, 5) is 21.1. The summed E-state index contributed by atoms with van der Waals surface area (Å²) in [7, 11) is 1.32. The molecule has 0 atom stereocenters. The number of aliphatic imine (C=N–C) groups is 1. The van der Waals surface area contributed by atoms with E-state index in [-0.39, 0.29) is 23.4 Å². The quantitative estimate of drug-likeness (QED) is 0.209. The molecule has 1 saturated heterocycles. The van der Waals surface area contributed by atoms with Crippen molar-refractivity contribution in [3.8, 4) is 11.5 Å². The molecule has 1 fully saturated rings. The van der Waals surface area contributed by atoms with E-state index in [0.29, 0.717) is 53.6 Å². The molecule has 2 heterocycles. The van der Waals surface area contributed by atoms with Gasteiger partial charge in [-0.1, -0.05) is 24.3 Å². The number of benzene rings is 3. The number of amidine groups is 1. The Morgan fingerprint density at radius 1 is 0.886 bits per heavy atom. The highest BCUT2D eigenvalue weighted by Crippen LogP contribution is 2.39. The summed E-state index contributed by atoms with van der Waals surface area (Å²) < 4.78 is 104. The number of methoxy groups -OCH3 is 1. The number of carbonyl (C=O) groups is 1. The van der Waals surface area contributed by atoms with Crippen molar-refractivity contribution in [2.45, 2.75) is 19.0 Å². The molecular weight excluding hydrogens is 615 g/mol. The average molecular weight is 640 g/mol. The third-order valence-corrected chi connectivity index (χ3v) is 8.01. The molecule has 0 aliphatic carbocycles. The largest absolute Gasteiger partial charge is 0.493 e. The normalized spacial score (nSPS) is 16.9. The predicted molar refractivity (Wildman–Crippen MR) is 152 cm³/mol. The van der Waals surface area contributed by atoms with Gasteiger partial charge in [0.15, 0.2) is 16.7 Å². The van der Waals surface area contributed by atoms with Crippen LogP contribution in [0.3, 0.4) is 0 Å². The zero-order chi connectivity index (χ0) is 31.6. The topological polar surface area (TPSA) is 54.4 Å². The first kappa shape index (κ1) is 31.2. The van der Waals surface area contributed by atoms with E-state index in [1.54, 1.807) is 30.3 Å². The highest BCUT2D eigenvalue weighted by Gasteiger charge is 2.38. The molecule has 44 heavy (non-hydrogen) atoms. The number of piperazine rings is 1. The minimum absolute atomic E-state index is 0.0535. The number of hydrogen-bond acceptors (Lipinski definition) is 6. The molecule has 0 radical (unpaired) electrons. The van der Waals surface area contributed by atoms with Gasteiger partial charge in [-0.15, -0.1) is 0 Å². The Labute approximate surface area is 251 Å². The van der Waals surface area contributed by atoms with Gasteiger partial charge in [-0.3, -0.25) is 4.79 Å². The number of halogens is 7. The lowest BCUT2D eigenvalue weighted by atomic mass is 10.0. The third-order valence-electron chi connectivity index (χ3n) is 6.96. The smallest absolute Gasteiger partial charge is 0.416 e. The van der Waals surface area contributed by atoms with Gasteiger partial charge in [0.05, 0.1) is 28.8 Å². The van der Waals surface area contributed by atoms with E-state index in [1.165, 1.54) is 37.1 Å². The Morgan fingerprint density at radius 3 is 2.25 bits per heavy atom. The van der Waals surface area contributed by atoms with Gasteiger partial charge in [0.1, 0.15) is 12.4 Å². The predicted octanol–water partition coefficient (Wildman–Crippen LogP) is 7.24. The lowest BCUT2D eigenvalue weighted by Crippen LogP contribution is -2.48. The molecule has 0 saturated carbocycles. The first-order valence-electron chi connectivity index (χ1n) is 13.2. The van der Waals surface area contributed by atoms with Crippen LogP contribution in [0.2, 0.25) is 0 Å². The molecule has 5 rings (SSSR count). The zero-order valence-electron chi connectivity index (χ0n) is 23.0. The number of amides is 1. The molecule has 2 aliphatic heterocycles. The van der Waals surface area contributed by atoms with Crippen LogP contribution < -0.4 is 14.4 Å². The van der Waals surface area contributed by atoms with E-state index < -0.39 is 41.6 Å². The Hall–Kier alpha value is -4.20. The van der Waals surface area contributed by atoms with Gasteiger partial charge < -0.3 is 19.3 Å². The van der Waals surface area contributed by atoms with E-state index in [0.717, 1.165) is 6.07 Å². The van der Waals surface area contributed by atoms with Crippen LogP contribution in [-0.2, 0) is 23.8 Å². The maximum atomic E-state index is 14.2. The summed E-state index contributed by atoms with van der Waals surface area (Å²) in [6, 6.07) is 12.4. The number of para-hydroxylation sites is 1. The lowest BCUT2D eigenvalue weighted by Gasteiger charge is -2.36. The van der Waals surface area contributed by atoms with Crippen molar-refractivity contribution in [3.63, 3.8) is 0 Å². The molecule has 2 aliphatic rings. The van der Waals surface area contributed by atoms with Gasteiger partial charge in [-0.05, 0) is 59.8 Å². The summed E-state index contributed by atoms with van der Waals surface area (Å²) in [6.07, 6.45) is -8.38. The van der Waals surface area contributed by atoms with Crippen LogP contribution in [0.15, 0.2) is 70.6 Å². The highest BCUT2D eigenvalue weighted by molar-refractivity contribution is 8.18. The molecule has 1 amide bonds. The first-order chi connectivity index (χ1) is 20.8. The second-order valence-corrected chi connectivity index (χ2v) is 10.8. The maximum Gasteiger partial charge on any atom is 0.416 e. The van der Waals surface area contributed by atoms with Crippen molar-refractivity contribution in [1.29, 1.82) is 0 Å². The zero-order valence-corrected chi connectivity index (χ0v) is 23.8. The van der Waals surface area contributed by atoms with Gasteiger partial charge >= 0.3 is 12.4 Å². The number of anilines is 1. The van der Waals surface area contributed by atoms with Gasteiger partial charge in [0.25, 0.3) is 5.91 Å². The number of nitrogens with zero attached hydrogens (tertiary/aromatic N) is 3. The Kier molecular flexibility index (Phi) is 8.82. The van der Waals surface area contributed by atoms with Crippen LogP contribution in [0.4, 0.5) is 36.4 Å². The Bertz CT molecular complexity index is 1610. The van der Waals surface area contributed by atoms with Crippen molar-refractivity contribution < 1.29 is 45.0 Å². The minimum atomic E-state index is -5.03. The number of thioether (sulfide) groups is 1. The van der Waals surface area contributed by atoms with Crippen LogP contribution in [0.25, 0.3) is 6.08 Å². The van der Waals surface area contributed by atoms with Crippen LogP contribution in [0, 0.1) is 5.82 Å². The van der Waals surface area contributed by atoms with E-state index in [9.17, 15) is 35.5 Å². The number of rotatable bonds is 6. The Balaban J connectivity index is 1.25. The van der Waals surface area contributed by atoms with Gasteiger partial charge in [-0.2, -0.15) is 31.3 Å². The fraction of sp³-hybridized carbons (Fsp3) is 0.267. The first-order valence-corrected chi connectivity index (χ1v) is 14.0.